The van der Waals surface area contributed by atoms with Gasteiger partial charge in [0.15, 0.2) is 0 Å². The quantitative estimate of drug-likeness (QED) is 0.546. The Morgan fingerprint density at radius 3 is 2.57 bits per heavy atom. The second-order valence-corrected chi connectivity index (χ2v) is 5.45. The van der Waals surface area contributed by atoms with E-state index in [1.165, 1.54) is 0 Å². The molecule has 0 saturated carbocycles. The molecule has 0 aliphatic rings. The van der Waals surface area contributed by atoms with Gasteiger partial charge in [0.05, 0.1) is 5.52 Å². The number of thioether (sulfide) groups is 1. The summed E-state index contributed by atoms with van der Waals surface area (Å²) in [6, 6.07) is 18.1. The summed E-state index contributed by atoms with van der Waals surface area (Å²) in [5.74, 6) is 0. The maximum atomic E-state index is 4.80. The average molecular weight is 296 g/mol. The third-order valence-electron chi connectivity index (χ3n) is 3.25. The maximum absolute atomic E-state index is 4.80. The van der Waals surface area contributed by atoms with Crippen molar-refractivity contribution in [3.05, 3.63) is 60.2 Å². The number of hydrogen-bond acceptors (Lipinski definition) is 4. The molecule has 0 radical (unpaired) electrons. The van der Waals surface area contributed by atoms with Crippen molar-refractivity contribution in [3.63, 3.8) is 0 Å². The molecule has 0 spiro atoms. The molecule has 1 aromatic heterocycles. The van der Waals surface area contributed by atoms with Crippen LogP contribution < -0.4 is 0 Å². The van der Waals surface area contributed by atoms with Crippen LogP contribution in [0.2, 0.25) is 0 Å². The molecule has 3 rings (SSSR count). The molecule has 0 amide bonds. The van der Waals surface area contributed by atoms with E-state index in [-0.39, 0.29) is 6.17 Å². The lowest BCUT2D eigenvalue weighted by Gasteiger charge is -2.10. The van der Waals surface area contributed by atoms with Gasteiger partial charge in [-0.15, -0.1) is 16.9 Å². The average Bonchev–Trinajstić information content (AvgIpc) is 2.97. The highest BCUT2D eigenvalue weighted by atomic mass is 32.2. The van der Waals surface area contributed by atoms with Gasteiger partial charge in [0.1, 0.15) is 16.7 Å². The van der Waals surface area contributed by atoms with Crippen LogP contribution in [0.4, 0.5) is 0 Å². The standard InChI is InChI=1S/C16H16N4S/c1-12(17-16(21-2)13-8-4-3-5-9-13)20-15-11-7-6-10-14(15)18-19-20/h3-12H,1-2H3. The summed E-state index contributed by atoms with van der Waals surface area (Å²) in [5, 5.41) is 9.41. The third-order valence-corrected chi connectivity index (χ3v) is 3.98. The van der Waals surface area contributed by atoms with Gasteiger partial charge in [0.25, 0.3) is 0 Å². The SMILES string of the molecule is CSC(=NC(C)n1nnc2ccccc21)c1ccccc1. The van der Waals surface area contributed by atoms with E-state index >= 15 is 0 Å². The minimum absolute atomic E-state index is 0.0972. The largest absolute Gasteiger partial charge is 0.251 e. The van der Waals surface area contributed by atoms with Crippen LogP contribution in [0.3, 0.4) is 0 Å². The molecule has 106 valence electrons. The van der Waals surface area contributed by atoms with Gasteiger partial charge in [-0.25, -0.2) is 4.68 Å². The zero-order valence-corrected chi connectivity index (χ0v) is 12.8. The first-order valence-corrected chi connectivity index (χ1v) is 7.99. The first-order chi connectivity index (χ1) is 10.3. The van der Waals surface area contributed by atoms with Gasteiger partial charge in [0.2, 0.25) is 0 Å². The molecule has 0 bridgehead atoms. The Balaban J connectivity index is 1.97. The summed E-state index contributed by atoms with van der Waals surface area (Å²) in [6.45, 7) is 2.03. The minimum atomic E-state index is -0.0972. The van der Waals surface area contributed by atoms with Crippen molar-refractivity contribution in [2.75, 3.05) is 6.26 Å². The molecule has 0 N–H and O–H groups in total. The molecule has 2 aromatic carbocycles. The van der Waals surface area contributed by atoms with Crippen molar-refractivity contribution >= 4 is 27.8 Å². The molecular weight excluding hydrogens is 280 g/mol. The van der Waals surface area contributed by atoms with Crippen LogP contribution in [0.5, 0.6) is 0 Å². The number of fused-ring (bicyclic) bond motifs is 1. The van der Waals surface area contributed by atoms with Gasteiger partial charge in [-0.2, -0.15) is 0 Å². The summed E-state index contributed by atoms with van der Waals surface area (Å²) in [6.07, 6.45) is 1.94. The van der Waals surface area contributed by atoms with Crippen LogP contribution in [0.25, 0.3) is 11.0 Å². The first-order valence-electron chi connectivity index (χ1n) is 6.76. The molecule has 3 aromatic rings. The number of benzene rings is 2. The Morgan fingerprint density at radius 1 is 1.10 bits per heavy atom. The van der Waals surface area contributed by atoms with Crippen LogP contribution in [0, 0.1) is 0 Å². The van der Waals surface area contributed by atoms with Crippen molar-refractivity contribution in [2.45, 2.75) is 13.1 Å². The van der Waals surface area contributed by atoms with Crippen molar-refractivity contribution in [1.29, 1.82) is 0 Å². The second kappa shape index (κ2) is 6.10. The molecule has 21 heavy (non-hydrogen) atoms. The molecular formula is C16H16N4S. The molecule has 0 saturated heterocycles. The van der Waals surface area contributed by atoms with E-state index in [1.807, 2.05) is 60.3 Å². The van der Waals surface area contributed by atoms with Crippen molar-refractivity contribution in [2.24, 2.45) is 4.99 Å². The normalized spacial score (nSPS) is 13.5. The summed E-state index contributed by atoms with van der Waals surface area (Å²) < 4.78 is 1.86. The predicted octanol–water partition coefficient (Wildman–Crippen LogP) is 3.76. The van der Waals surface area contributed by atoms with Crippen LogP contribution >= 0.6 is 11.8 Å². The van der Waals surface area contributed by atoms with E-state index in [0.717, 1.165) is 21.6 Å². The Labute approximate surface area is 127 Å². The fourth-order valence-corrected chi connectivity index (χ4v) is 2.84. The van der Waals surface area contributed by atoms with Gasteiger partial charge < -0.3 is 0 Å². The molecule has 0 fully saturated rings. The number of aromatic nitrogens is 3. The highest BCUT2D eigenvalue weighted by Gasteiger charge is 2.11. The summed E-state index contributed by atoms with van der Waals surface area (Å²) in [5.41, 5.74) is 3.02. The highest BCUT2D eigenvalue weighted by molar-refractivity contribution is 8.13. The highest BCUT2D eigenvalue weighted by Crippen LogP contribution is 2.19. The first kappa shape index (κ1) is 13.8. The monoisotopic (exact) mass is 296 g/mol. The van der Waals surface area contributed by atoms with Gasteiger partial charge in [-0.1, -0.05) is 47.7 Å². The summed E-state index contributed by atoms with van der Waals surface area (Å²) >= 11 is 1.64. The molecule has 1 heterocycles. The Kier molecular flexibility index (Phi) is 4.01. The number of hydrogen-bond donors (Lipinski definition) is 0. The van der Waals surface area contributed by atoms with Crippen LogP contribution in [-0.2, 0) is 0 Å². The minimum Gasteiger partial charge on any atom is -0.251 e. The predicted molar refractivity (Wildman–Crippen MR) is 88.7 cm³/mol. The molecule has 4 nitrogen and oxygen atoms in total. The van der Waals surface area contributed by atoms with Crippen LogP contribution in [-0.4, -0.2) is 26.3 Å². The maximum Gasteiger partial charge on any atom is 0.142 e. The van der Waals surface area contributed by atoms with Gasteiger partial charge in [0, 0.05) is 5.56 Å². The summed E-state index contributed by atoms with van der Waals surface area (Å²) in [4.78, 5) is 4.80. The van der Waals surface area contributed by atoms with Crippen LogP contribution in [0.1, 0.15) is 18.7 Å². The zero-order valence-electron chi connectivity index (χ0n) is 12.0. The Bertz CT molecular complexity index is 764. The third kappa shape index (κ3) is 2.83. The fourth-order valence-electron chi connectivity index (χ4n) is 2.21. The van der Waals surface area contributed by atoms with E-state index in [1.54, 1.807) is 11.8 Å². The molecule has 0 aliphatic carbocycles. The number of rotatable bonds is 3. The second-order valence-electron chi connectivity index (χ2n) is 4.66. The van der Waals surface area contributed by atoms with E-state index in [4.69, 9.17) is 4.99 Å². The van der Waals surface area contributed by atoms with Crippen molar-refractivity contribution in [1.82, 2.24) is 15.0 Å². The van der Waals surface area contributed by atoms with Crippen molar-refractivity contribution < 1.29 is 0 Å². The van der Waals surface area contributed by atoms with E-state index in [9.17, 15) is 0 Å². The number of para-hydroxylation sites is 1. The van der Waals surface area contributed by atoms with E-state index in [2.05, 4.69) is 22.4 Å². The Hall–Kier alpha value is -2.14. The fraction of sp³-hybridized carbons (Fsp3) is 0.188. The topological polar surface area (TPSA) is 43.1 Å². The number of aliphatic imine (C=N–C) groups is 1. The lowest BCUT2D eigenvalue weighted by atomic mass is 10.2. The number of nitrogens with zero attached hydrogens (tertiary/aromatic N) is 4. The smallest absolute Gasteiger partial charge is 0.142 e. The zero-order chi connectivity index (χ0) is 14.7. The summed E-state index contributed by atoms with van der Waals surface area (Å²) in [7, 11) is 0. The van der Waals surface area contributed by atoms with Crippen LogP contribution in [0.15, 0.2) is 59.6 Å². The van der Waals surface area contributed by atoms with Gasteiger partial charge in [-0.05, 0) is 25.3 Å². The van der Waals surface area contributed by atoms with E-state index in [0.29, 0.717) is 0 Å². The molecule has 5 heteroatoms. The van der Waals surface area contributed by atoms with E-state index < -0.39 is 0 Å². The lowest BCUT2D eigenvalue weighted by Crippen LogP contribution is -2.07. The van der Waals surface area contributed by atoms with Gasteiger partial charge >= 0.3 is 0 Å². The lowest BCUT2D eigenvalue weighted by molar-refractivity contribution is 0.512. The Morgan fingerprint density at radius 2 is 1.81 bits per heavy atom. The van der Waals surface area contributed by atoms with Gasteiger partial charge in [-0.3, -0.25) is 4.99 Å². The molecule has 0 aliphatic heterocycles. The van der Waals surface area contributed by atoms with Crippen molar-refractivity contribution in [3.8, 4) is 0 Å². The molecule has 1 atom stereocenters. The molecule has 1 unspecified atom stereocenters.